The first-order chi connectivity index (χ1) is 5.25. The SMILES string of the molecule is CC1=Cc2cc(N)ccc2C1. The van der Waals surface area contributed by atoms with Crippen LogP contribution in [0.5, 0.6) is 0 Å². The average Bonchev–Trinajstić information content (AvgIpc) is 2.27. The summed E-state index contributed by atoms with van der Waals surface area (Å²) in [5.41, 5.74) is 10.6. The Balaban J connectivity index is 2.54. The third kappa shape index (κ3) is 1.03. The van der Waals surface area contributed by atoms with E-state index < -0.39 is 0 Å². The monoisotopic (exact) mass is 145 g/mol. The lowest BCUT2D eigenvalue weighted by atomic mass is 10.1. The van der Waals surface area contributed by atoms with Crippen LogP contribution in [0.3, 0.4) is 0 Å². The van der Waals surface area contributed by atoms with Gasteiger partial charge in [0.15, 0.2) is 0 Å². The van der Waals surface area contributed by atoms with Crippen LogP contribution in [-0.2, 0) is 6.42 Å². The maximum absolute atomic E-state index is 5.65. The van der Waals surface area contributed by atoms with Crippen molar-refractivity contribution >= 4 is 11.8 Å². The number of hydrogen-bond donors (Lipinski definition) is 1. The first-order valence-electron chi connectivity index (χ1n) is 3.81. The lowest BCUT2D eigenvalue weighted by molar-refractivity contribution is 1.20. The molecule has 1 aliphatic rings. The van der Waals surface area contributed by atoms with Gasteiger partial charge in [-0.25, -0.2) is 0 Å². The van der Waals surface area contributed by atoms with E-state index in [-0.39, 0.29) is 0 Å². The Morgan fingerprint density at radius 3 is 3.00 bits per heavy atom. The topological polar surface area (TPSA) is 26.0 Å². The highest BCUT2D eigenvalue weighted by molar-refractivity contribution is 5.66. The number of rotatable bonds is 0. The summed E-state index contributed by atoms with van der Waals surface area (Å²) in [4.78, 5) is 0. The average molecular weight is 145 g/mol. The summed E-state index contributed by atoms with van der Waals surface area (Å²) >= 11 is 0. The molecule has 0 saturated heterocycles. The molecule has 0 saturated carbocycles. The lowest BCUT2D eigenvalue weighted by Gasteiger charge is -1.98. The highest BCUT2D eigenvalue weighted by Gasteiger charge is 2.08. The number of nitrogen functional groups attached to an aromatic ring is 1. The fraction of sp³-hybridized carbons (Fsp3) is 0.200. The molecule has 0 unspecified atom stereocenters. The number of fused-ring (bicyclic) bond motifs is 1. The molecular weight excluding hydrogens is 134 g/mol. The standard InChI is InChI=1S/C10H11N/c1-7-4-8-2-3-10(11)6-9(8)5-7/h2-3,5-6H,4,11H2,1H3. The largest absolute Gasteiger partial charge is 0.399 e. The van der Waals surface area contributed by atoms with Gasteiger partial charge in [0.25, 0.3) is 0 Å². The van der Waals surface area contributed by atoms with Crippen LogP contribution in [0, 0.1) is 0 Å². The summed E-state index contributed by atoms with van der Waals surface area (Å²) in [7, 11) is 0. The van der Waals surface area contributed by atoms with E-state index in [4.69, 9.17) is 5.73 Å². The molecule has 0 spiro atoms. The highest BCUT2D eigenvalue weighted by Crippen LogP contribution is 2.25. The summed E-state index contributed by atoms with van der Waals surface area (Å²) in [5, 5.41) is 0. The van der Waals surface area contributed by atoms with E-state index in [9.17, 15) is 0 Å². The first kappa shape index (κ1) is 6.47. The zero-order chi connectivity index (χ0) is 7.84. The number of allylic oxidation sites excluding steroid dienone is 1. The fourth-order valence-electron chi connectivity index (χ4n) is 1.53. The van der Waals surface area contributed by atoms with E-state index in [0.29, 0.717) is 0 Å². The summed E-state index contributed by atoms with van der Waals surface area (Å²) in [6, 6.07) is 6.11. The predicted octanol–water partition coefficient (Wildman–Crippen LogP) is 2.23. The van der Waals surface area contributed by atoms with E-state index >= 15 is 0 Å². The molecule has 0 atom stereocenters. The minimum Gasteiger partial charge on any atom is -0.399 e. The second-order valence-electron chi connectivity index (χ2n) is 3.13. The van der Waals surface area contributed by atoms with Gasteiger partial charge in [0.1, 0.15) is 0 Å². The summed E-state index contributed by atoms with van der Waals surface area (Å²) in [6.07, 6.45) is 3.29. The third-order valence-electron chi connectivity index (χ3n) is 2.04. The molecule has 56 valence electrons. The van der Waals surface area contributed by atoms with Crippen molar-refractivity contribution in [3.05, 3.63) is 34.9 Å². The van der Waals surface area contributed by atoms with Gasteiger partial charge in [-0.2, -0.15) is 0 Å². The second-order valence-corrected chi connectivity index (χ2v) is 3.13. The lowest BCUT2D eigenvalue weighted by Crippen LogP contribution is -1.87. The van der Waals surface area contributed by atoms with Crippen LogP contribution in [0.1, 0.15) is 18.1 Å². The maximum Gasteiger partial charge on any atom is 0.0320 e. The van der Waals surface area contributed by atoms with Gasteiger partial charge >= 0.3 is 0 Å². The fourth-order valence-corrected chi connectivity index (χ4v) is 1.53. The van der Waals surface area contributed by atoms with Crippen LogP contribution in [0.15, 0.2) is 23.8 Å². The van der Waals surface area contributed by atoms with Crippen LogP contribution in [0.2, 0.25) is 0 Å². The van der Waals surface area contributed by atoms with Crippen LogP contribution < -0.4 is 5.73 Å². The van der Waals surface area contributed by atoms with Crippen molar-refractivity contribution in [1.82, 2.24) is 0 Å². The number of nitrogens with two attached hydrogens (primary N) is 1. The van der Waals surface area contributed by atoms with Crippen LogP contribution in [-0.4, -0.2) is 0 Å². The Morgan fingerprint density at radius 2 is 2.18 bits per heavy atom. The predicted molar refractivity (Wildman–Crippen MR) is 48.2 cm³/mol. The molecule has 2 rings (SSSR count). The van der Waals surface area contributed by atoms with Gasteiger partial charge in [-0.15, -0.1) is 0 Å². The van der Waals surface area contributed by atoms with E-state index in [2.05, 4.69) is 19.1 Å². The quantitative estimate of drug-likeness (QED) is 0.556. The maximum atomic E-state index is 5.65. The third-order valence-corrected chi connectivity index (χ3v) is 2.04. The van der Waals surface area contributed by atoms with Gasteiger partial charge in [-0.1, -0.05) is 17.7 Å². The zero-order valence-corrected chi connectivity index (χ0v) is 6.59. The molecule has 0 aliphatic heterocycles. The molecule has 0 radical (unpaired) electrons. The number of anilines is 1. The van der Waals surface area contributed by atoms with Crippen LogP contribution >= 0.6 is 0 Å². The normalized spacial score (nSPS) is 14.5. The highest BCUT2D eigenvalue weighted by atomic mass is 14.5. The van der Waals surface area contributed by atoms with Gasteiger partial charge in [0.2, 0.25) is 0 Å². The van der Waals surface area contributed by atoms with Gasteiger partial charge in [0, 0.05) is 5.69 Å². The molecule has 2 N–H and O–H groups in total. The van der Waals surface area contributed by atoms with Crippen molar-refractivity contribution < 1.29 is 0 Å². The van der Waals surface area contributed by atoms with Crippen molar-refractivity contribution in [3.8, 4) is 0 Å². The summed E-state index contributed by atoms with van der Waals surface area (Å²) in [5.74, 6) is 0. The van der Waals surface area contributed by atoms with Crippen molar-refractivity contribution in [1.29, 1.82) is 0 Å². The molecule has 1 aliphatic carbocycles. The second kappa shape index (κ2) is 2.12. The Bertz CT molecular complexity index is 324. The Labute approximate surface area is 66.5 Å². The van der Waals surface area contributed by atoms with Gasteiger partial charge in [0.05, 0.1) is 0 Å². The molecule has 0 amide bonds. The molecule has 0 aromatic heterocycles. The molecule has 1 aromatic carbocycles. The molecule has 0 fully saturated rings. The van der Waals surface area contributed by atoms with E-state index in [0.717, 1.165) is 12.1 Å². The van der Waals surface area contributed by atoms with Gasteiger partial charge < -0.3 is 5.73 Å². The molecule has 11 heavy (non-hydrogen) atoms. The first-order valence-corrected chi connectivity index (χ1v) is 3.81. The smallest absolute Gasteiger partial charge is 0.0320 e. The molecule has 0 heterocycles. The Morgan fingerprint density at radius 1 is 1.36 bits per heavy atom. The minimum atomic E-state index is 0.856. The van der Waals surface area contributed by atoms with Gasteiger partial charge in [-0.3, -0.25) is 0 Å². The van der Waals surface area contributed by atoms with E-state index in [1.807, 2.05) is 12.1 Å². The van der Waals surface area contributed by atoms with E-state index in [1.165, 1.54) is 16.7 Å². The molecule has 0 bridgehead atoms. The van der Waals surface area contributed by atoms with E-state index in [1.54, 1.807) is 0 Å². The molecule has 1 heteroatoms. The van der Waals surface area contributed by atoms with Crippen LogP contribution in [0.25, 0.3) is 6.08 Å². The van der Waals surface area contributed by atoms with Crippen molar-refractivity contribution in [3.63, 3.8) is 0 Å². The Hall–Kier alpha value is -1.24. The Kier molecular flexibility index (Phi) is 1.25. The molecule has 1 aromatic rings. The minimum absolute atomic E-state index is 0.856. The van der Waals surface area contributed by atoms with Crippen molar-refractivity contribution in [2.24, 2.45) is 0 Å². The zero-order valence-electron chi connectivity index (χ0n) is 6.59. The van der Waals surface area contributed by atoms with Crippen LogP contribution in [0.4, 0.5) is 5.69 Å². The number of benzene rings is 1. The molecular formula is C10H11N. The summed E-state index contributed by atoms with van der Waals surface area (Å²) in [6.45, 7) is 2.15. The molecule has 1 nitrogen and oxygen atoms in total. The number of hydrogen-bond acceptors (Lipinski definition) is 1. The van der Waals surface area contributed by atoms with Gasteiger partial charge in [-0.05, 0) is 36.6 Å². The van der Waals surface area contributed by atoms with Crippen molar-refractivity contribution in [2.75, 3.05) is 5.73 Å². The summed E-state index contributed by atoms with van der Waals surface area (Å²) < 4.78 is 0. The van der Waals surface area contributed by atoms with Crippen molar-refractivity contribution in [2.45, 2.75) is 13.3 Å².